The summed E-state index contributed by atoms with van der Waals surface area (Å²) < 4.78 is 61.1. The quantitative estimate of drug-likeness (QED) is 0.0738. The van der Waals surface area contributed by atoms with E-state index < -0.39 is 53.9 Å². The van der Waals surface area contributed by atoms with E-state index in [2.05, 4.69) is 26.0 Å². The second-order valence-electron chi connectivity index (χ2n) is 15.4. The average Bonchev–Trinajstić information content (AvgIpc) is 3.68. The molecule has 0 unspecified atom stereocenters. The number of aliphatic hydroxyl groups is 1. The van der Waals surface area contributed by atoms with Crippen molar-refractivity contribution in [3.63, 3.8) is 0 Å². The molecule has 1 aliphatic rings. The minimum Gasteiger partial charge on any atom is -0.478 e. The largest absolute Gasteiger partial charge is 0.478 e. The lowest BCUT2D eigenvalue weighted by Crippen LogP contribution is -2.48. The number of halogens is 4. The molecule has 1 aromatic heterocycles. The van der Waals surface area contributed by atoms with Gasteiger partial charge in [0, 0.05) is 30.1 Å². The number of carboxylic acid groups (broad SMARTS) is 1. The summed E-state index contributed by atoms with van der Waals surface area (Å²) in [4.78, 5) is 54.5. The Hall–Kier alpha value is -5.84. The van der Waals surface area contributed by atoms with E-state index in [4.69, 9.17) is 9.84 Å². The monoisotopic (exact) mass is 810 g/mol. The van der Waals surface area contributed by atoms with Crippen molar-refractivity contribution in [2.45, 2.75) is 83.3 Å². The summed E-state index contributed by atoms with van der Waals surface area (Å²) in [6.45, 7) is 5.46. The molecule has 3 amide bonds. The number of aromatic carboxylic acids is 1. The number of alkyl halides is 4. The molecule has 310 valence electrons. The van der Waals surface area contributed by atoms with Crippen LogP contribution in [0.4, 0.5) is 28.0 Å². The molecule has 0 saturated heterocycles. The first-order valence-electron chi connectivity index (χ1n) is 18.7. The summed E-state index contributed by atoms with van der Waals surface area (Å²) >= 11 is 0. The average molecular weight is 811 g/mol. The van der Waals surface area contributed by atoms with E-state index in [-0.39, 0.29) is 46.8 Å². The third-order valence-corrected chi connectivity index (χ3v) is 9.81. The maximum Gasteiger partial charge on any atom is 0.407 e. The summed E-state index contributed by atoms with van der Waals surface area (Å²) in [7, 11) is 0. The Kier molecular flexibility index (Phi) is 13.2. The van der Waals surface area contributed by atoms with Crippen LogP contribution in [-0.2, 0) is 26.7 Å². The topological polar surface area (TPSA) is 196 Å². The normalized spacial score (nSPS) is 16.6. The zero-order valence-corrected chi connectivity index (χ0v) is 32.4. The van der Waals surface area contributed by atoms with Crippen LogP contribution >= 0.6 is 0 Å². The maximum absolute atomic E-state index is 14.2. The number of nitrogens with one attached hydrogen (secondary N) is 4. The van der Waals surface area contributed by atoms with Crippen molar-refractivity contribution in [3.05, 3.63) is 89.2 Å². The number of hydrogen-bond acceptors (Lipinski definition) is 8. The minimum absolute atomic E-state index is 0.106. The first kappa shape index (κ1) is 43.3. The van der Waals surface area contributed by atoms with E-state index in [0.29, 0.717) is 32.2 Å². The fourth-order valence-corrected chi connectivity index (χ4v) is 6.58. The molecule has 3 aromatic carbocycles. The van der Waals surface area contributed by atoms with E-state index in [1.54, 1.807) is 38.0 Å². The van der Waals surface area contributed by atoms with Crippen molar-refractivity contribution < 1.29 is 51.7 Å². The third kappa shape index (κ3) is 10.8. The molecule has 5 rings (SSSR count). The second-order valence-corrected chi connectivity index (χ2v) is 15.4. The summed E-state index contributed by atoms with van der Waals surface area (Å²) in [5, 5.41) is 31.9. The predicted molar refractivity (Wildman–Crippen MR) is 205 cm³/mol. The highest BCUT2D eigenvalue weighted by Gasteiger charge is 2.59. The van der Waals surface area contributed by atoms with Gasteiger partial charge in [-0.2, -0.15) is 22.7 Å². The van der Waals surface area contributed by atoms with E-state index in [0.717, 1.165) is 22.3 Å². The number of hydrogen-bond donors (Lipinski definition) is 6. The zero-order valence-electron chi connectivity index (χ0n) is 32.4. The molecule has 13 nitrogen and oxygen atoms in total. The third-order valence-electron chi connectivity index (χ3n) is 9.81. The smallest absolute Gasteiger partial charge is 0.407 e. The molecule has 0 radical (unpaired) electrons. The predicted octanol–water partition coefficient (Wildman–Crippen LogP) is 6.86. The van der Waals surface area contributed by atoms with Crippen molar-refractivity contribution in [1.29, 1.82) is 0 Å². The van der Waals surface area contributed by atoms with Crippen LogP contribution < -0.4 is 16.0 Å². The molecule has 1 aliphatic carbocycles. The van der Waals surface area contributed by atoms with Crippen molar-refractivity contribution in [2.75, 3.05) is 18.5 Å². The summed E-state index contributed by atoms with van der Waals surface area (Å²) in [5.74, 6) is -13.4. The van der Waals surface area contributed by atoms with Crippen LogP contribution in [0.5, 0.6) is 0 Å². The second kappa shape index (κ2) is 17.7. The van der Waals surface area contributed by atoms with E-state index in [1.807, 2.05) is 31.2 Å². The Morgan fingerprint density at radius 3 is 2.14 bits per heavy atom. The lowest BCUT2D eigenvalue weighted by molar-refractivity contribution is -0.236. The molecule has 0 aliphatic heterocycles. The first-order chi connectivity index (χ1) is 27.3. The molecule has 1 atom stereocenters. The van der Waals surface area contributed by atoms with Crippen LogP contribution in [0.15, 0.2) is 66.7 Å². The van der Waals surface area contributed by atoms with Gasteiger partial charge in [-0.3, -0.25) is 14.7 Å². The van der Waals surface area contributed by atoms with Gasteiger partial charge in [-0.05, 0) is 118 Å². The number of anilines is 1. The minimum atomic E-state index is -4.81. The molecule has 1 fully saturated rings. The highest BCUT2D eigenvalue weighted by Crippen LogP contribution is 2.41. The van der Waals surface area contributed by atoms with Gasteiger partial charge in [0.05, 0.1) is 5.56 Å². The Morgan fingerprint density at radius 1 is 0.914 bits per heavy atom. The van der Waals surface area contributed by atoms with Gasteiger partial charge in [0.1, 0.15) is 18.2 Å². The fourth-order valence-electron chi connectivity index (χ4n) is 6.58. The Labute approximate surface area is 332 Å². The summed E-state index contributed by atoms with van der Waals surface area (Å²) in [5.41, 5.74) is 3.13. The Bertz CT molecular complexity index is 2090. The van der Waals surface area contributed by atoms with Gasteiger partial charge >= 0.3 is 23.9 Å². The van der Waals surface area contributed by atoms with E-state index >= 15 is 0 Å². The number of carbonyl (C=O) groups is 4. The lowest BCUT2D eigenvalue weighted by atomic mass is 9.81. The molecule has 6 N–H and O–H groups in total. The zero-order chi connectivity index (χ0) is 42.4. The van der Waals surface area contributed by atoms with Crippen molar-refractivity contribution in [1.82, 2.24) is 25.8 Å². The molecular weight excluding hydrogens is 764 g/mol. The number of H-pyrrole nitrogens is 1. The molecular formula is C41H46F4N6O7. The molecule has 0 bridgehead atoms. The lowest BCUT2D eigenvalue weighted by Gasteiger charge is -2.29. The van der Waals surface area contributed by atoms with Gasteiger partial charge in [0.25, 0.3) is 0 Å². The van der Waals surface area contributed by atoms with Crippen LogP contribution in [0.3, 0.4) is 0 Å². The molecule has 4 aromatic rings. The van der Waals surface area contributed by atoms with Crippen LogP contribution in [0.25, 0.3) is 22.5 Å². The highest BCUT2D eigenvalue weighted by atomic mass is 19.3. The fraction of sp³-hybridized carbons (Fsp3) is 0.415. The number of ether oxygens (including phenoxy) is 1. The number of alkyl carbamates (subject to hydrolysis) is 1. The van der Waals surface area contributed by atoms with Crippen molar-refractivity contribution >= 4 is 29.6 Å². The van der Waals surface area contributed by atoms with Gasteiger partial charge in [-0.1, -0.05) is 30.3 Å². The van der Waals surface area contributed by atoms with Crippen LogP contribution in [0.1, 0.15) is 73.8 Å². The Morgan fingerprint density at radius 2 is 1.55 bits per heavy atom. The first-order valence-corrected chi connectivity index (χ1v) is 18.7. The number of aliphatic hydroxyl groups excluding tert-OH is 1. The van der Waals surface area contributed by atoms with E-state index in [9.17, 15) is 41.8 Å². The molecule has 0 spiro atoms. The van der Waals surface area contributed by atoms with Gasteiger partial charge in [-0.25, -0.2) is 14.6 Å². The number of aromatic nitrogens is 3. The van der Waals surface area contributed by atoms with Crippen LogP contribution in [0.2, 0.25) is 0 Å². The number of rotatable bonds is 14. The number of benzene rings is 3. The number of aromatic amines is 1. The Balaban J connectivity index is 1.28. The highest BCUT2D eigenvalue weighted by molar-refractivity contribution is 5.98. The maximum atomic E-state index is 14.2. The molecule has 1 heterocycles. The van der Waals surface area contributed by atoms with Crippen LogP contribution in [-0.4, -0.2) is 80.0 Å². The van der Waals surface area contributed by atoms with Gasteiger partial charge in [-0.15, -0.1) is 0 Å². The van der Waals surface area contributed by atoms with Gasteiger partial charge in [0.2, 0.25) is 17.6 Å². The summed E-state index contributed by atoms with van der Waals surface area (Å²) in [6, 6.07) is 16.8. The van der Waals surface area contributed by atoms with Gasteiger partial charge < -0.3 is 30.9 Å². The number of nitrogens with zero attached hydrogens (tertiary/aromatic N) is 2. The summed E-state index contributed by atoms with van der Waals surface area (Å²) in [6.07, 6.45) is 2.05. The molecule has 17 heteroatoms. The standard InChI is InChI=1S/C41H46F4N6O7/c1-23-19-29(36(55)56)15-18-31(23)26-9-5-24(6-10-26)20-32(48-34(53)28-11-7-25(8-12-28)21-46-38(57)58-39(2,3)4)35(54)47-30-16-13-27(14-17-30)33-49-37(51-50-33)41(44,45)40(42,43)22-52/h5-6,9-10,13-19,25,28,32,52H,7-8,11-12,20-22H2,1-4H3,(H,46,57)(H,47,54)(H,48,53)(H,55,56)(H,49,50,51)/t25?,28?,32-/m0/s1. The molecule has 1 saturated carbocycles. The van der Waals surface area contributed by atoms with E-state index in [1.165, 1.54) is 30.3 Å². The van der Waals surface area contributed by atoms with Crippen LogP contribution in [0, 0.1) is 18.8 Å². The number of carboxylic acids is 1. The molecule has 58 heavy (non-hydrogen) atoms. The number of aryl methyl sites for hydroxylation is 1. The van der Waals surface area contributed by atoms with Crippen molar-refractivity contribution in [2.24, 2.45) is 11.8 Å². The van der Waals surface area contributed by atoms with Gasteiger partial charge in [0.15, 0.2) is 5.82 Å². The number of carbonyl (C=O) groups excluding carboxylic acids is 3. The SMILES string of the molecule is Cc1cc(C(=O)O)ccc1-c1ccc(C[C@H](NC(=O)C2CCC(CNC(=O)OC(C)(C)C)CC2)C(=O)Nc2ccc(-c3n[nH]c(C(F)(F)C(F)(F)CO)n3)cc2)cc1. The number of amides is 3. The van der Waals surface area contributed by atoms with Crippen molar-refractivity contribution in [3.8, 4) is 22.5 Å².